The molecule has 138 valence electrons. The average Bonchev–Trinajstić information content (AvgIpc) is 2.73. The zero-order chi connectivity index (χ0) is 19.9. The Morgan fingerprint density at radius 2 is 1.54 bits per heavy atom. The van der Waals surface area contributed by atoms with Crippen molar-refractivity contribution in [3.63, 3.8) is 0 Å². The van der Waals surface area contributed by atoms with Crippen LogP contribution in [0.15, 0.2) is 78.4 Å². The Morgan fingerprint density at radius 3 is 2.07 bits per heavy atom. The van der Waals surface area contributed by atoms with E-state index in [1.54, 1.807) is 24.3 Å². The zero-order valence-corrected chi connectivity index (χ0v) is 15.5. The van der Waals surface area contributed by atoms with Gasteiger partial charge in [0.15, 0.2) is 0 Å². The van der Waals surface area contributed by atoms with E-state index in [1.165, 1.54) is 0 Å². The van der Waals surface area contributed by atoms with Gasteiger partial charge in [0.05, 0.1) is 17.2 Å². The Kier molecular flexibility index (Phi) is 5.88. The first-order valence-electron chi connectivity index (χ1n) is 8.90. The number of hydrogen-bond acceptors (Lipinski definition) is 3. The molecule has 0 aromatic heterocycles. The number of nitriles is 1. The highest BCUT2D eigenvalue weighted by molar-refractivity contribution is 5.87. The first kappa shape index (κ1) is 18.9. The Balaban J connectivity index is 1.60. The fraction of sp³-hybridized carbons (Fsp3) is 0.0833. The van der Waals surface area contributed by atoms with Crippen LogP contribution in [0.5, 0.6) is 0 Å². The fourth-order valence-corrected chi connectivity index (χ4v) is 2.82. The SMILES string of the molecule is CC(=Cc1ccc(C(=O)O)cc1)CNc1ccc(-c2ccc(C#N)cc2)cc1. The highest BCUT2D eigenvalue weighted by Crippen LogP contribution is 2.22. The Labute approximate surface area is 164 Å². The summed E-state index contributed by atoms with van der Waals surface area (Å²) in [4.78, 5) is 10.9. The predicted octanol–water partition coefficient (Wildman–Crippen LogP) is 5.44. The summed E-state index contributed by atoms with van der Waals surface area (Å²) >= 11 is 0. The summed E-state index contributed by atoms with van der Waals surface area (Å²) in [5, 5.41) is 21.2. The minimum atomic E-state index is -0.918. The third-order valence-corrected chi connectivity index (χ3v) is 4.37. The van der Waals surface area contributed by atoms with Crippen LogP contribution in [0.3, 0.4) is 0 Å². The molecule has 4 nitrogen and oxygen atoms in total. The molecule has 0 amide bonds. The van der Waals surface area contributed by atoms with Crippen LogP contribution in [-0.4, -0.2) is 17.6 Å². The molecule has 2 N–H and O–H groups in total. The van der Waals surface area contributed by atoms with Gasteiger partial charge in [0, 0.05) is 12.2 Å². The number of carbonyl (C=O) groups is 1. The van der Waals surface area contributed by atoms with Crippen LogP contribution in [0.4, 0.5) is 5.69 Å². The van der Waals surface area contributed by atoms with Crippen molar-refractivity contribution in [3.05, 3.63) is 95.1 Å². The number of anilines is 1. The van der Waals surface area contributed by atoms with Gasteiger partial charge in [-0.15, -0.1) is 0 Å². The molecule has 0 aliphatic heterocycles. The maximum absolute atomic E-state index is 10.9. The molecule has 0 atom stereocenters. The van der Waals surface area contributed by atoms with Gasteiger partial charge in [-0.05, 0) is 60.0 Å². The van der Waals surface area contributed by atoms with Crippen LogP contribution in [0.1, 0.15) is 28.4 Å². The molecule has 28 heavy (non-hydrogen) atoms. The van der Waals surface area contributed by atoms with E-state index in [4.69, 9.17) is 10.4 Å². The van der Waals surface area contributed by atoms with Gasteiger partial charge in [0.1, 0.15) is 0 Å². The van der Waals surface area contributed by atoms with Gasteiger partial charge in [-0.2, -0.15) is 5.26 Å². The van der Waals surface area contributed by atoms with E-state index < -0.39 is 5.97 Å². The quantitative estimate of drug-likeness (QED) is 0.608. The van der Waals surface area contributed by atoms with Gasteiger partial charge < -0.3 is 10.4 Å². The molecule has 0 heterocycles. The van der Waals surface area contributed by atoms with E-state index in [0.717, 1.165) is 28.0 Å². The van der Waals surface area contributed by atoms with Gasteiger partial charge in [-0.1, -0.05) is 48.0 Å². The molecule has 0 aliphatic carbocycles. The lowest BCUT2D eigenvalue weighted by atomic mass is 10.0. The molecule has 4 heteroatoms. The van der Waals surface area contributed by atoms with Crippen molar-refractivity contribution in [2.24, 2.45) is 0 Å². The van der Waals surface area contributed by atoms with Crippen molar-refractivity contribution in [1.82, 2.24) is 0 Å². The summed E-state index contributed by atoms with van der Waals surface area (Å²) in [5.74, 6) is -0.918. The van der Waals surface area contributed by atoms with Crippen molar-refractivity contribution >= 4 is 17.7 Å². The third kappa shape index (κ3) is 4.87. The monoisotopic (exact) mass is 368 g/mol. The fourth-order valence-electron chi connectivity index (χ4n) is 2.82. The number of carboxylic acids is 1. The molecule has 0 unspecified atom stereocenters. The van der Waals surface area contributed by atoms with E-state index >= 15 is 0 Å². The lowest BCUT2D eigenvalue weighted by Gasteiger charge is -2.09. The number of hydrogen-bond donors (Lipinski definition) is 2. The van der Waals surface area contributed by atoms with Crippen LogP contribution < -0.4 is 5.32 Å². The molecule has 0 radical (unpaired) electrons. The van der Waals surface area contributed by atoms with Crippen LogP contribution in [0.2, 0.25) is 0 Å². The first-order valence-corrected chi connectivity index (χ1v) is 8.90. The van der Waals surface area contributed by atoms with Gasteiger partial charge in [-0.3, -0.25) is 0 Å². The standard InChI is InChI=1S/C24H20N2O2/c1-17(14-18-2-8-22(9-3-18)24(27)28)16-26-23-12-10-21(11-13-23)20-6-4-19(15-25)5-7-20/h2-14,26H,16H2,1H3,(H,27,28). The highest BCUT2D eigenvalue weighted by atomic mass is 16.4. The van der Waals surface area contributed by atoms with E-state index in [-0.39, 0.29) is 5.56 Å². The molecule has 3 aromatic rings. The van der Waals surface area contributed by atoms with E-state index in [2.05, 4.69) is 11.4 Å². The molecule has 3 rings (SSSR count). The third-order valence-electron chi connectivity index (χ3n) is 4.37. The maximum atomic E-state index is 10.9. The number of rotatable bonds is 6. The molecule has 0 saturated heterocycles. The van der Waals surface area contributed by atoms with E-state index in [1.807, 2.05) is 61.5 Å². The Morgan fingerprint density at radius 1 is 0.964 bits per heavy atom. The summed E-state index contributed by atoms with van der Waals surface area (Å²) in [6, 6.07) is 24.6. The second-order valence-corrected chi connectivity index (χ2v) is 6.54. The second-order valence-electron chi connectivity index (χ2n) is 6.54. The topological polar surface area (TPSA) is 73.1 Å². The van der Waals surface area contributed by atoms with Gasteiger partial charge >= 0.3 is 5.97 Å². The molecule has 0 fully saturated rings. The van der Waals surface area contributed by atoms with Crippen LogP contribution in [-0.2, 0) is 0 Å². The van der Waals surface area contributed by atoms with Crippen LogP contribution in [0.25, 0.3) is 17.2 Å². The minimum Gasteiger partial charge on any atom is -0.478 e. The summed E-state index contributed by atoms with van der Waals surface area (Å²) in [6.07, 6.45) is 2.03. The smallest absolute Gasteiger partial charge is 0.335 e. The highest BCUT2D eigenvalue weighted by Gasteiger charge is 2.02. The molecular weight excluding hydrogens is 348 g/mol. The summed E-state index contributed by atoms with van der Waals surface area (Å²) in [7, 11) is 0. The van der Waals surface area contributed by atoms with E-state index in [0.29, 0.717) is 12.1 Å². The van der Waals surface area contributed by atoms with Crippen molar-refractivity contribution in [2.75, 3.05) is 11.9 Å². The number of aromatic carboxylic acids is 1. The van der Waals surface area contributed by atoms with Crippen molar-refractivity contribution in [1.29, 1.82) is 5.26 Å². The number of carboxylic acid groups (broad SMARTS) is 1. The second kappa shape index (κ2) is 8.70. The molecule has 0 bridgehead atoms. The average molecular weight is 368 g/mol. The molecule has 0 spiro atoms. The van der Waals surface area contributed by atoms with Gasteiger partial charge in [-0.25, -0.2) is 4.79 Å². The van der Waals surface area contributed by atoms with Crippen LogP contribution in [0, 0.1) is 11.3 Å². The number of nitrogens with zero attached hydrogens (tertiary/aromatic N) is 1. The number of nitrogens with one attached hydrogen (secondary N) is 1. The normalized spacial score (nSPS) is 10.9. The summed E-state index contributed by atoms with van der Waals surface area (Å²) in [5.41, 5.74) is 6.25. The Bertz CT molecular complexity index is 1030. The maximum Gasteiger partial charge on any atom is 0.335 e. The lowest BCUT2D eigenvalue weighted by molar-refractivity contribution is 0.0697. The first-order chi connectivity index (χ1) is 13.5. The van der Waals surface area contributed by atoms with Crippen molar-refractivity contribution < 1.29 is 9.90 Å². The zero-order valence-electron chi connectivity index (χ0n) is 15.5. The predicted molar refractivity (Wildman–Crippen MR) is 112 cm³/mol. The number of benzene rings is 3. The van der Waals surface area contributed by atoms with Crippen molar-refractivity contribution in [2.45, 2.75) is 6.92 Å². The van der Waals surface area contributed by atoms with Crippen LogP contribution >= 0.6 is 0 Å². The molecule has 0 aliphatic rings. The molecular formula is C24H20N2O2. The van der Waals surface area contributed by atoms with Crippen molar-refractivity contribution in [3.8, 4) is 17.2 Å². The summed E-state index contributed by atoms with van der Waals surface area (Å²) in [6.45, 7) is 2.72. The van der Waals surface area contributed by atoms with Gasteiger partial charge in [0.2, 0.25) is 0 Å². The van der Waals surface area contributed by atoms with E-state index in [9.17, 15) is 4.79 Å². The lowest BCUT2D eigenvalue weighted by Crippen LogP contribution is -2.02. The Hall–Kier alpha value is -3.84. The molecule has 3 aromatic carbocycles. The molecule has 0 saturated carbocycles. The largest absolute Gasteiger partial charge is 0.478 e. The summed E-state index contributed by atoms with van der Waals surface area (Å²) < 4.78 is 0. The van der Waals surface area contributed by atoms with Gasteiger partial charge in [0.25, 0.3) is 0 Å². The minimum absolute atomic E-state index is 0.287.